The van der Waals surface area contributed by atoms with Gasteiger partial charge < -0.3 is 9.84 Å². The Morgan fingerprint density at radius 1 is 0.865 bits per heavy atom. The van der Waals surface area contributed by atoms with Crippen molar-refractivity contribution in [1.29, 1.82) is 0 Å². The highest BCUT2D eigenvalue weighted by Gasteiger charge is 2.47. The van der Waals surface area contributed by atoms with E-state index in [2.05, 4.69) is 0 Å². The summed E-state index contributed by atoms with van der Waals surface area (Å²) in [5.74, 6) is -2.34. The lowest BCUT2D eigenvalue weighted by Gasteiger charge is -2.27. The van der Waals surface area contributed by atoms with E-state index in [0.29, 0.717) is 16.8 Å². The molecule has 0 saturated carbocycles. The van der Waals surface area contributed by atoms with Crippen LogP contribution >= 0.6 is 0 Å². The Bertz CT molecular complexity index is 1590. The number of rotatable bonds is 5. The number of aryl methyl sites for hydroxylation is 1. The number of ketones is 1. The van der Waals surface area contributed by atoms with E-state index in [1.165, 1.54) is 11.0 Å². The minimum atomic E-state index is -0.884. The van der Waals surface area contributed by atoms with E-state index in [1.54, 1.807) is 37.3 Å². The number of nitrogens with zero attached hydrogens (tertiary/aromatic N) is 1. The minimum absolute atomic E-state index is 0.00359. The number of hydrogen-bond donors (Lipinski definition) is 1. The van der Waals surface area contributed by atoms with Crippen LogP contribution in [0.3, 0.4) is 0 Å². The molecule has 184 valence electrons. The van der Waals surface area contributed by atoms with Crippen LogP contribution in [-0.2, 0) is 14.3 Å². The average Bonchev–Trinajstić information content (AvgIpc) is 3.18. The quantitative estimate of drug-likeness (QED) is 0.161. The Morgan fingerprint density at radius 3 is 2.35 bits per heavy atom. The van der Waals surface area contributed by atoms with Crippen molar-refractivity contribution in [3.05, 3.63) is 119 Å². The highest BCUT2D eigenvalue weighted by molar-refractivity contribution is 6.51. The van der Waals surface area contributed by atoms with Gasteiger partial charge in [-0.15, -0.1) is 0 Å². The molecule has 1 heterocycles. The molecule has 0 radical (unpaired) electrons. The molecule has 0 aromatic heterocycles. The van der Waals surface area contributed by atoms with Gasteiger partial charge in [-0.3, -0.25) is 14.5 Å². The molecule has 1 atom stereocenters. The molecule has 6 heteroatoms. The zero-order valence-electron chi connectivity index (χ0n) is 20.5. The second kappa shape index (κ2) is 9.74. The lowest BCUT2D eigenvalue weighted by Crippen LogP contribution is -2.30. The number of Topliss-reactive ketones (excluding diaryl/α,β-unsaturated/α-hetero) is 1. The minimum Gasteiger partial charge on any atom is -0.507 e. The number of aliphatic hydroxyl groups is 1. The summed E-state index contributed by atoms with van der Waals surface area (Å²) >= 11 is 0. The number of anilines is 1. The summed E-state index contributed by atoms with van der Waals surface area (Å²) in [5, 5.41) is 13.4. The predicted octanol–water partition coefficient (Wildman–Crippen LogP) is 5.95. The first kappa shape index (κ1) is 24.0. The number of aliphatic hydroxyl groups excluding tert-OH is 1. The number of benzene rings is 4. The largest absolute Gasteiger partial charge is 0.507 e. The number of ether oxygens (including phenoxy) is 1. The van der Waals surface area contributed by atoms with Crippen molar-refractivity contribution < 1.29 is 24.2 Å². The number of esters is 1. The molecule has 1 saturated heterocycles. The maximum atomic E-state index is 13.5. The fraction of sp³-hybridized carbons (Fsp3) is 0.129. The fourth-order valence-corrected chi connectivity index (χ4v) is 4.78. The van der Waals surface area contributed by atoms with Gasteiger partial charge in [-0.2, -0.15) is 0 Å². The van der Waals surface area contributed by atoms with Gasteiger partial charge in [0, 0.05) is 11.3 Å². The molecule has 4 aromatic rings. The average molecular weight is 492 g/mol. The summed E-state index contributed by atoms with van der Waals surface area (Å²) in [5.41, 5.74) is 2.61. The molecular weight excluding hydrogens is 466 g/mol. The normalized spacial score (nSPS) is 16.8. The van der Waals surface area contributed by atoms with E-state index in [-0.39, 0.29) is 23.5 Å². The maximum absolute atomic E-state index is 13.5. The Balaban J connectivity index is 1.71. The summed E-state index contributed by atoms with van der Waals surface area (Å²) in [7, 11) is 0. The second-order valence-corrected chi connectivity index (χ2v) is 8.86. The van der Waals surface area contributed by atoms with Gasteiger partial charge in [-0.1, -0.05) is 66.7 Å². The molecule has 37 heavy (non-hydrogen) atoms. The summed E-state index contributed by atoms with van der Waals surface area (Å²) in [6.45, 7) is 3.81. The van der Waals surface area contributed by atoms with Crippen LogP contribution in [0.2, 0.25) is 0 Å². The zero-order valence-corrected chi connectivity index (χ0v) is 20.5. The van der Waals surface area contributed by atoms with Crippen molar-refractivity contribution in [2.75, 3.05) is 11.5 Å². The summed E-state index contributed by atoms with van der Waals surface area (Å²) < 4.78 is 5.12. The van der Waals surface area contributed by atoms with Crippen molar-refractivity contribution in [3.8, 4) is 0 Å². The molecule has 1 aliphatic rings. The van der Waals surface area contributed by atoms with E-state index >= 15 is 0 Å². The number of carbonyl (C=O) groups is 3. The maximum Gasteiger partial charge on any atom is 0.338 e. The molecule has 5 rings (SSSR count). The third kappa shape index (κ3) is 4.27. The number of carbonyl (C=O) groups excluding carboxylic acids is 3. The number of fused-ring (bicyclic) bond motifs is 1. The third-order valence-electron chi connectivity index (χ3n) is 6.59. The Labute approximate surface area is 214 Å². The molecular formula is C31H25NO5. The fourth-order valence-electron chi connectivity index (χ4n) is 4.78. The molecule has 4 aromatic carbocycles. The van der Waals surface area contributed by atoms with Crippen LogP contribution in [0, 0.1) is 6.92 Å². The third-order valence-corrected chi connectivity index (χ3v) is 6.59. The van der Waals surface area contributed by atoms with Gasteiger partial charge in [0.25, 0.3) is 11.7 Å². The summed E-state index contributed by atoms with van der Waals surface area (Å²) in [6, 6.07) is 26.1. The van der Waals surface area contributed by atoms with Crippen molar-refractivity contribution in [2.45, 2.75) is 19.9 Å². The van der Waals surface area contributed by atoms with E-state index in [1.807, 2.05) is 61.5 Å². The molecule has 0 bridgehead atoms. The topological polar surface area (TPSA) is 83.9 Å². The van der Waals surface area contributed by atoms with Gasteiger partial charge in [0.1, 0.15) is 5.76 Å². The van der Waals surface area contributed by atoms with E-state index < -0.39 is 23.7 Å². The van der Waals surface area contributed by atoms with Crippen molar-refractivity contribution >= 4 is 39.9 Å². The molecule has 1 aliphatic heterocycles. The van der Waals surface area contributed by atoms with Crippen molar-refractivity contribution in [1.82, 2.24) is 0 Å². The van der Waals surface area contributed by atoms with Gasteiger partial charge in [0.05, 0.1) is 23.8 Å². The highest BCUT2D eigenvalue weighted by atomic mass is 16.5. The van der Waals surface area contributed by atoms with E-state index in [4.69, 9.17) is 4.74 Å². The van der Waals surface area contributed by atoms with Crippen LogP contribution in [0.5, 0.6) is 0 Å². The summed E-state index contributed by atoms with van der Waals surface area (Å²) in [6.07, 6.45) is 0. The first-order chi connectivity index (χ1) is 17.9. The Hall–Kier alpha value is -4.71. The van der Waals surface area contributed by atoms with Gasteiger partial charge in [0.2, 0.25) is 0 Å². The van der Waals surface area contributed by atoms with Gasteiger partial charge >= 0.3 is 5.97 Å². The van der Waals surface area contributed by atoms with Crippen LogP contribution in [0.15, 0.2) is 96.6 Å². The first-order valence-corrected chi connectivity index (χ1v) is 12.0. The molecule has 0 spiro atoms. The molecule has 1 unspecified atom stereocenters. The van der Waals surface area contributed by atoms with Gasteiger partial charge in [0.15, 0.2) is 0 Å². The van der Waals surface area contributed by atoms with Gasteiger partial charge in [-0.05, 0) is 60.0 Å². The second-order valence-electron chi connectivity index (χ2n) is 8.86. The number of hydrogen-bond acceptors (Lipinski definition) is 5. The van der Waals surface area contributed by atoms with Crippen molar-refractivity contribution in [2.24, 2.45) is 0 Å². The van der Waals surface area contributed by atoms with E-state index in [9.17, 15) is 19.5 Å². The molecule has 1 amide bonds. The van der Waals surface area contributed by atoms with Crippen molar-refractivity contribution in [3.63, 3.8) is 0 Å². The lowest BCUT2D eigenvalue weighted by atomic mass is 9.92. The van der Waals surface area contributed by atoms with Crippen LogP contribution in [0.1, 0.15) is 40.0 Å². The Kier molecular flexibility index (Phi) is 6.32. The summed E-state index contributed by atoms with van der Waals surface area (Å²) in [4.78, 5) is 40.7. The first-order valence-electron chi connectivity index (χ1n) is 12.0. The molecule has 0 aliphatic carbocycles. The smallest absolute Gasteiger partial charge is 0.338 e. The molecule has 1 fully saturated rings. The number of amides is 1. The zero-order chi connectivity index (χ0) is 26.1. The lowest BCUT2D eigenvalue weighted by molar-refractivity contribution is -0.132. The molecule has 1 N–H and O–H groups in total. The standard InChI is InChI=1S/C31H25NO5/c1-3-37-31(36)23-12-8-13-24(18-23)32-27(25-14-7-4-9-19(25)2)26(29(34)30(32)35)28(33)22-16-15-20-10-5-6-11-21(20)17-22/h4-18,27,33H,3H2,1-2H3/b28-26+. The predicted molar refractivity (Wildman–Crippen MR) is 142 cm³/mol. The van der Waals surface area contributed by atoms with Crippen LogP contribution in [0.25, 0.3) is 16.5 Å². The SMILES string of the molecule is CCOC(=O)c1cccc(N2C(=O)C(=O)/C(=C(/O)c3ccc4ccccc4c3)C2c2ccccc2C)c1. The Morgan fingerprint density at radius 2 is 1.59 bits per heavy atom. The monoisotopic (exact) mass is 491 g/mol. The highest BCUT2D eigenvalue weighted by Crippen LogP contribution is 2.43. The molecule has 6 nitrogen and oxygen atoms in total. The van der Waals surface area contributed by atoms with Crippen LogP contribution < -0.4 is 4.90 Å². The van der Waals surface area contributed by atoms with Crippen LogP contribution in [-0.4, -0.2) is 29.4 Å². The van der Waals surface area contributed by atoms with Crippen LogP contribution in [0.4, 0.5) is 5.69 Å². The van der Waals surface area contributed by atoms with E-state index in [0.717, 1.165) is 16.3 Å². The van der Waals surface area contributed by atoms with Gasteiger partial charge in [-0.25, -0.2) is 4.79 Å².